The van der Waals surface area contributed by atoms with Gasteiger partial charge in [-0.1, -0.05) is 0 Å². The monoisotopic (exact) mass is 248 g/mol. The van der Waals surface area contributed by atoms with Gasteiger partial charge in [0, 0.05) is 12.5 Å². The predicted molar refractivity (Wildman–Crippen MR) is 55.1 cm³/mol. The molecule has 96 valence electrons. The van der Waals surface area contributed by atoms with Crippen LogP contribution in [0, 0.1) is 5.92 Å². The minimum absolute atomic E-state index is 0.0367. The van der Waals surface area contributed by atoms with Crippen molar-refractivity contribution >= 4 is 0 Å². The summed E-state index contributed by atoms with van der Waals surface area (Å²) in [5.41, 5.74) is 6.16. The third kappa shape index (κ3) is 2.62. The lowest BCUT2D eigenvalue weighted by Crippen LogP contribution is -2.27. The average molecular weight is 248 g/mol. The second-order valence-corrected chi connectivity index (χ2v) is 4.46. The molecule has 6 heteroatoms. The molecule has 0 aromatic carbocycles. The first-order valence-electron chi connectivity index (χ1n) is 5.71. The third-order valence-electron chi connectivity index (χ3n) is 3.43. The second-order valence-electron chi connectivity index (χ2n) is 4.46. The summed E-state index contributed by atoms with van der Waals surface area (Å²) < 4.78 is 42.7. The number of rotatable bonds is 2. The van der Waals surface area contributed by atoms with Crippen molar-refractivity contribution in [2.75, 3.05) is 0 Å². The van der Waals surface area contributed by atoms with E-state index < -0.39 is 12.1 Å². The summed E-state index contributed by atoms with van der Waals surface area (Å²) in [6.07, 6.45) is -1.44. The van der Waals surface area contributed by atoms with Crippen molar-refractivity contribution in [2.24, 2.45) is 11.7 Å². The molecule has 1 aromatic heterocycles. The number of aromatic nitrogens is 1. The summed E-state index contributed by atoms with van der Waals surface area (Å²) >= 11 is 0. The lowest BCUT2D eigenvalue weighted by Gasteiger charge is -2.28. The standard InChI is InChI=1S/C11H15F3N2O/c12-11(13,14)8-3-1-7(2-4-8)10-9(5-15)16-6-17-10/h6-8H,1-5,15H2. The van der Waals surface area contributed by atoms with Crippen LogP contribution in [0.4, 0.5) is 13.2 Å². The molecule has 1 fully saturated rings. The van der Waals surface area contributed by atoms with E-state index in [1.165, 1.54) is 6.39 Å². The summed E-state index contributed by atoms with van der Waals surface area (Å²) in [6.45, 7) is 0.269. The predicted octanol–water partition coefficient (Wildman–Crippen LogP) is 2.97. The molecule has 0 aliphatic heterocycles. The molecule has 0 radical (unpaired) electrons. The molecule has 0 unspecified atom stereocenters. The van der Waals surface area contributed by atoms with Gasteiger partial charge in [-0.05, 0) is 25.7 Å². The number of hydrogen-bond donors (Lipinski definition) is 1. The van der Waals surface area contributed by atoms with E-state index in [1.54, 1.807) is 0 Å². The molecule has 1 heterocycles. The van der Waals surface area contributed by atoms with Crippen LogP contribution in [0.3, 0.4) is 0 Å². The van der Waals surface area contributed by atoms with Gasteiger partial charge >= 0.3 is 6.18 Å². The lowest BCUT2D eigenvalue weighted by atomic mass is 9.80. The van der Waals surface area contributed by atoms with Gasteiger partial charge in [-0.15, -0.1) is 0 Å². The van der Waals surface area contributed by atoms with E-state index in [4.69, 9.17) is 10.2 Å². The average Bonchev–Trinajstić information content (AvgIpc) is 2.76. The van der Waals surface area contributed by atoms with Crippen molar-refractivity contribution < 1.29 is 17.6 Å². The van der Waals surface area contributed by atoms with Gasteiger partial charge in [0.2, 0.25) is 0 Å². The molecular weight excluding hydrogens is 233 g/mol. The lowest BCUT2D eigenvalue weighted by molar-refractivity contribution is -0.182. The van der Waals surface area contributed by atoms with Crippen molar-refractivity contribution in [3.8, 4) is 0 Å². The summed E-state index contributed by atoms with van der Waals surface area (Å²) in [4.78, 5) is 3.96. The maximum Gasteiger partial charge on any atom is 0.391 e. The molecule has 1 saturated carbocycles. The summed E-state index contributed by atoms with van der Waals surface area (Å²) in [6, 6.07) is 0. The maximum absolute atomic E-state index is 12.5. The van der Waals surface area contributed by atoms with Crippen molar-refractivity contribution in [1.82, 2.24) is 4.98 Å². The van der Waals surface area contributed by atoms with Gasteiger partial charge in [0.15, 0.2) is 6.39 Å². The Bertz CT molecular complexity index is 367. The normalized spacial score (nSPS) is 26.1. The molecule has 0 saturated heterocycles. The topological polar surface area (TPSA) is 52.0 Å². The molecule has 0 spiro atoms. The van der Waals surface area contributed by atoms with Gasteiger partial charge in [-0.2, -0.15) is 13.2 Å². The van der Waals surface area contributed by atoms with Crippen LogP contribution in [0.15, 0.2) is 10.8 Å². The summed E-state index contributed by atoms with van der Waals surface area (Å²) in [5.74, 6) is -0.453. The molecule has 0 amide bonds. The Labute approximate surface area is 97.2 Å². The number of alkyl halides is 3. The molecule has 0 atom stereocenters. The minimum atomic E-state index is -4.07. The molecule has 1 aliphatic rings. The number of nitrogens with two attached hydrogens (primary N) is 1. The van der Waals surface area contributed by atoms with E-state index in [2.05, 4.69) is 4.98 Å². The molecule has 0 bridgehead atoms. The number of hydrogen-bond acceptors (Lipinski definition) is 3. The number of oxazole rings is 1. The first kappa shape index (κ1) is 12.4. The Balaban J connectivity index is 2.00. The highest BCUT2D eigenvalue weighted by molar-refractivity contribution is 5.13. The van der Waals surface area contributed by atoms with Crippen LogP contribution >= 0.6 is 0 Å². The van der Waals surface area contributed by atoms with Crippen LogP contribution in [0.5, 0.6) is 0 Å². The number of nitrogens with zero attached hydrogens (tertiary/aromatic N) is 1. The van der Waals surface area contributed by atoms with Gasteiger partial charge in [0.25, 0.3) is 0 Å². The van der Waals surface area contributed by atoms with Crippen LogP contribution in [-0.2, 0) is 6.54 Å². The van der Waals surface area contributed by atoms with Crippen molar-refractivity contribution in [2.45, 2.75) is 44.3 Å². The molecule has 1 aromatic rings. The van der Waals surface area contributed by atoms with Crippen LogP contribution in [0.25, 0.3) is 0 Å². The first-order chi connectivity index (χ1) is 8.02. The Hall–Kier alpha value is -1.04. The Morgan fingerprint density at radius 3 is 2.47 bits per heavy atom. The van der Waals surface area contributed by atoms with Gasteiger partial charge < -0.3 is 10.2 Å². The fraction of sp³-hybridized carbons (Fsp3) is 0.727. The van der Waals surface area contributed by atoms with Gasteiger partial charge in [0.05, 0.1) is 11.6 Å². The van der Waals surface area contributed by atoms with E-state index in [0.29, 0.717) is 24.3 Å². The van der Waals surface area contributed by atoms with Crippen LogP contribution in [-0.4, -0.2) is 11.2 Å². The summed E-state index contributed by atoms with van der Waals surface area (Å²) in [5, 5.41) is 0. The largest absolute Gasteiger partial charge is 0.448 e. The third-order valence-corrected chi connectivity index (χ3v) is 3.43. The zero-order valence-electron chi connectivity index (χ0n) is 9.33. The van der Waals surface area contributed by atoms with E-state index in [9.17, 15) is 13.2 Å². The van der Waals surface area contributed by atoms with Crippen molar-refractivity contribution in [3.05, 3.63) is 17.8 Å². The highest BCUT2D eigenvalue weighted by Crippen LogP contribution is 2.43. The first-order valence-corrected chi connectivity index (χ1v) is 5.71. The quantitative estimate of drug-likeness (QED) is 0.875. The SMILES string of the molecule is NCc1ncoc1C1CCC(C(F)(F)F)CC1. The highest BCUT2D eigenvalue weighted by Gasteiger charge is 2.42. The fourth-order valence-electron chi connectivity index (χ4n) is 2.45. The highest BCUT2D eigenvalue weighted by atomic mass is 19.4. The van der Waals surface area contributed by atoms with E-state index >= 15 is 0 Å². The summed E-state index contributed by atoms with van der Waals surface area (Å²) in [7, 11) is 0. The van der Waals surface area contributed by atoms with Crippen LogP contribution in [0.2, 0.25) is 0 Å². The fourth-order valence-corrected chi connectivity index (χ4v) is 2.45. The Morgan fingerprint density at radius 1 is 1.29 bits per heavy atom. The smallest absolute Gasteiger partial charge is 0.391 e. The molecule has 17 heavy (non-hydrogen) atoms. The van der Waals surface area contributed by atoms with Gasteiger partial charge in [-0.3, -0.25) is 0 Å². The minimum Gasteiger partial charge on any atom is -0.448 e. The Morgan fingerprint density at radius 2 is 1.94 bits per heavy atom. The molecule has 2 N–H and O–H groups in total. The van der Waals surface area contributed by atoms with Gasteiger partial charge in [0.1, 0.15) is 5.76 Å². The number of halogens is 3. The van der Waals surface area contributed by atoms with Crippen molar-refractivity contribution in [1.29, 1.82) is 0 Å². The second kappa shape index (κ2) is 4.68. The maximum atomic E-state index is 12.5. The van der Waals surface area contributed by atoms with Crippen LogP contribution in [0.1, 0.15) is 43.1 Å². The molecule has 3 nitrogen and oxygen atoms in total. The van der Waals surface area contributed by atoms with Crippen LogP contribution < -0.4 is 5.73 Å². The molecule has 2 rings (SSSR count). The van der Waals surface area contributed by atoms with Gasteiger partial charge in [-0.25, -0.2) is 4.98 Å². The van der Waals surface area contributed by atoms with E-state index in [1.807, 2.05) is 0 Å². The van der Waals surface area contributed by atoms with E-state index in [0.717, 1.165) is 0 Å². The Kier molecular flexibility index (Phi) is 3.42. The molecule has 1 aliphatic carbocycles. The van der Waals surface area contributed by atoms with E-state index in [-0.39, 0.29) is 25.3 Å². The molecular formula is C11H15F3N2O. The van der Waals surface area contributed by atoms with Crippen molar-refractivity contribution in [3.63, 3.8) is 0 Å². The zero-order chi connectivity index (χ0) is 12.5. The zero-order valence-corrected chi connectivity index (χ0v) is 9.33.